The van der Waals surface area contributed by atoms with E-state index in [2.05, 4.69) is 5.32 Å². The van der Waals surface area contributed by atoms with Gasteiger partial charge in [-0.2, -0.15) is 0 Å². The lowest BCUT2D eigenvalue weighted by Gasteiger charge is -2.10. The lowest BCUT2D eigenvalue weighted by atomic mass is 10.1. The number of rotatable bonds is 23. The molecule has 0 aliphatic carbocycles. The van der Waals surface area contributed by atoms with E-state index in [0.717, 1.165) is 0 Å². The lowest BCUT2D eigenvalue weighted by Crippen LogP contribution is -2.32. The number of amides is 1. The molecule has 0 saturated heterocycles. The molecule has 0 aliphatic heterocycles. The van der Waals surface area contributed by atoms with Gasteiger partial charge < -0.3 is 33.7 Å². The molecule has 1 unspecified atom stereocenters. The molecule has 1 amide bonds. The first kappa shape index (κ1) is 29.8. The average Bonchev–Trinajstić information content (AvgIpc) is 2.76. The summed E-state index contributed by atoms with van der Waals surface area (Å²) in [6, 6.07) is 0. The van der Waals surface area contributed by atoms with Gasteiger partial charge in [0.2, 0.25) is 5.91 Å². The monoisotopic (exact) mass is 453 g/mol. The van der Waals surface area contributed by atoms with Gasteiger partial charge in [0.15, 0.2) is 5.78 Å². The van der Waals surface area contributed by atoms with Crippen molar-refractivity contribution in [2.24, 2.45) is 5.92 Å². The minimum Gasteiger partial charge on any atom is -0.377 e. The number of carbonyl (C=O) groups excluding carboxylic acids is 2. The topological polar surface area (TPSA) is 102 Å². The number of Topliss-reactive ketones (excluding diaryl/α,β-unsaturated/α-hetero) is 1. The SMILES string of the molecule is CCC(=O)NCC(F)COCCOCCOCCOCCOCCOCC(=O)C(C)C. The van der Waals surface area contributed by atoms with E-state index in [1.54, 1.807) is 6.92 Å². The van der Waals surface area contributed by atoms with Crippen LogP contribution in [0.15, 0.2) is 0 Å². The van der Waals surface area contributed by atoms with Gasteiger partial charge in [0, 0.05) is 12.3 Å². The fraction of sp³-hybridized carbons (Fsp3) is 0.905. The highest BCUT2D eigenvalue weighted by Crippen LogP contribution is 1.94. The standard InChI is InChI=1S/C21H40FNO8/c1-4-21(25)23-15-19(22)16-30-13-11-28-9-7-26-5-6-27-8-10-29-12-14-31-17-20(24)18(2)3/h18-19H,4-17H2,1-3H3,(H,23,25). The van der Waals surface area contributed by atoms with Crippen LogP contribution in [0.25, 0.3) is 0 Å². The summed E-state index contributed by atoms with van der Waals surface area (Å²) in [4.78, 5) is 22.3. The van der Waals surface area contributed by atoms with Gasteiger partial charge in [-0.05, 0) is 0 Å². The second-order valence-corrected chi connectivity index (χ2v) is 6.95. The molecule has 0 aromatic carbocycles. The van der Waals surface area contributed by atoms with Crippen molar-refractivity contribution >= 4 is 11.7 Å². The normalized spacial score (nSPS) is 12.3. The summed E-state index contributed by atoms with van der Waals surface area (Å²) in [6.45, 7) is 9.52. The van der Waals surface area contributed by atoms with E-state index in [0.29, 0.717) is 65.9 Å². The number of hydrogen-bond acceptors (Lipinski definition) is 8. The van der Waals surface area contributed by atoms with E-state index in [-0.39, 0.29) is 44.0 Å². The Morgan fingerprint density at radius 3 is 1.58 bits per heavy atom. The molecule has 0 aromatic rings. The summed E-state index contributed by atoms with van der Waals surface area (Å²) >= 11 is 0. The first-order chi connectivity index (χ1) is 15.0. The molecular formula is C21H40FNO8. The van der Waals surface area contributed by atoms with Crippen molar-refractivity contribution in [1.82, 2.24) is 5.32 Å². The van der Waals surface area contributed by atoms with Gasteiger partial charge in [0.1, 0.15) is 12.8 Å². The Morgan fingerprint density at radius 2 is 1.16 bits per heavy atom. The van der Waals surface area contributed by atoms with E-state index >= 15 is 0 Å². The molecule has 1 atom stereocenters. The highest BCUT2D eigenvalue weighted by Gasteiger charge is 2.08. The van der Waals surface area contributed by atoms with Crippen molar-refractivity contribution in [2.45, 2.75) is 33.4 Å². The molecule has 9 nitrogen and oxygen atoms in total. The Hall–Kier alpha value is -1.17. The van der Waals surface area contributed by atoms with Crippen LogP contribution in [0.3, 0.4) is 0 Å². The van der Waals surface area contributed by atoms with Crippen molar-refractivity contribution in [3.8, 4) is 0 Å². The average molecular weight is 454 g/mol. The van der Waals surface area contributed by atoms with Gasteiger partial charge in [-0.3, -0.25) is 9.59 Å². The highest BCUT2D eigenvalue weighted by molar-refractivity contribution is 5.81. The summed E-state index contributed by atoms with van der Waals surface area (Å²) in [7, 11) is 0. The highest BCUT2D eigenvalue weighted by atomic mass is 19.1. The van der Waals surface area contributed by atoms with E-state index in [4.69, 9.17) is 28.4 Å². The molecule has 0 fully saturated rings. The van der Waals surface area contributed by atoms with Gasteiger partial charge >= 0.3 is 0 Å². The Kier molecular flexibility index (Phi) is 21.2. The van der Waals surface area contributed by atoms with E-state index in [1.165, 1.54) is 0 Å². The number of ketones is 1. The zero-order valence-corrected chi connectivity index (χ0v) is 19.2. The first-order valence-electron chi connectivity index (χ1n) is 10.9. The molecular weight excluding hydrogens is 413 g/mol. The molecule has 0 heterocycles. The quantitative estimate of drug-likeness (QED) is 0.230. The van der Waals surface area contributed by atoms with Crippen LogP contribution in [-0.4, -0.2) is 104 Å². The van der Waals surface area contributed by atoms with Crippen LogP contribution in [0.2, 0.25) is 0 Å². The maximum atomic E-state index is 13.4. The third kappa shape index (κ3) is 21.8. The first-order valence-corrected chi connectivity index (χ1v) is 10.9. The number of hydrogen-bond donors (Lipinski definition) is 1. The predicted molar refractivity (Wildman–Crippen MR) is 113 cm³/mol. The minimum atomic E-state index is -1.22. The zero-order chi connectivity index (χ0) is 23.2. The van der Waals surface area contributed by atoms with Gasteiger partial charge in [-0.25, -0.2) is 4.39 Å². The summed E-state index contributed by atoms with van der Waals surface area (Å²) in [5.74, 6) is -0.101. The molecule has 184 valence electrons. The number of halogens is 1. The van der Waals surface area contributed by atoms with Crippen molar-refractivity contribution in [1.29, 1.82) is 0 Å². The van der Waals surface area contributed by atoms with Gasteiger partial charge in [0.05, 0.1) is 79.2 Å². The number of ether oxygens (including phenoxy) is 6. The second kappa shape index (κ2) is 22.0. The molecule has 0 aromatic heterocycles. The van der Waals surface area contributed by atoms with Crippen LogP contribution in [0, 0.1) is 5.92 Å². The van der Waals surface area contributed by atoms with Crippen molar-refractivity contribution in [3.63, 3.8) is 0 Å². The molecule has 0 saturated carbocycles. The number of carbonyl (C=O) groups is 2. The fourth-order valence-electron chi connectivity index (χ4n) is 1.96. The minimum absolute atomic E-state index is 0.00888. The van der Waals surface area contributed by atoms with Crippen LogP contribution < -0.4 is 5.32 Å². The zero-order valence-electron chi connectivity index (χ0n) is 19.2. The Balaban J connectivity index is 3.17. The summed E-state index contributed by atoms with van der Waals surface area (Å²) in [5, 5.41) is 2.47. The number of alkyl halides is 1. The third-order valence-corrected chi connectivity index (χ3v) is 3.89. The van der Waals surface area contributed by atoms with Crippen LogP contribution in [0.4, 0.5) is 4.39 Å². The predicted octanol–water partition coefficient (Wildman–Crippen LogP) is 1.18. The molecule has 0 radical (unpaired) electrons. The third-order valence-electron chi connectivity index (χ3n) is 3.89. The second-order valence-electron chi connectivity index (χ2n) is 6.95. The number of nitrogens with one attached hydrogen (secondary N) is 1. The Labute approximate surface area is 185 Å². The Bertz CT molecular complexity index is 440. The fourth-order valence-corrected chi connectivity index (χ4v) is 1.96. The van der Waals surface area contributed by atoms with Crippen molar-refractivity contribution in [3.05, 3.63) is 0 Å². The molecule has 1 N–H and O–H groups in total. The molecule has 0 aliphatic rings. The van der Waals surface area contributed by atoms with Gasteiger partial charge in [-0.1, -0.05) is 20.8 Å². The van der Waals surface area contributed by atoms with Crippen molar-refractivity contribution in [2.75, 3.05) is 85.8 Å². The molecule has 0 rings (SSSR count). The van der Waals surface area contributed by atoms with Crippen molar-refractivity contribution < 1.29 is 42.4 Å². The lowest BCUT2D eigenvalue weighted by molar-refractivity contribution is -0.127. The molecule has 0 spiro atoms. The van der Waals surface area contributed by atoms with E-state index in [1.807, 2.05) is 13.8 Å². The maximum Gasteiger partial charge on any atom is 0.219 e. The van der Waals surface area contributed by atoms with Gasteiger partial charge in [0.25, 0.3) is 0 Å². The van der Waals surface area contributed by atoms with Crippen LogP contribution in [0.1, 0.15) is 27.2 Å². The van der Waals surface area contributed by atoms with Gasteiger partial charge in [-0.15, -0.1) is 0 Å². The van der Waals surface area contributed by atoms with Crippen LogP contribution in [0.5, 0.6) is 0 Å². The largest absolute Gasteiger partial charge is 0.377 e. The summed E-state index contributed by atoms with van der Waals surface area (Å²) < 4.78 is 45.2. The Morgan fingerprint density at radius 1 is 0.742 bits per heavy atom. The van der Waals surface area contributed by atoms with Crippen LogP contribution in [-0.2, 0) is 38.0 Å². The molecule has 10 heteroatoms. The maximum absolute atomic E-state index is 13.4. The summed E-state index contributed by atoms with van der Waals surface area (Å²) in [6.07, 6.45) is -0.887. The summed E-state index contributed by atoms with van der Waals surface area (Å²) in [5.41, 5.74) is 0. The molecule has 0 bridgehead atoms. The van der Waals surface area contributed by atoms with E-state index in [9.17, 15) is 14.0 Å². The smallest absolute Gasteiger partial charge is 0.219 e. The molecule has 31 heavy (non-hydrogen) atoms. The van der Waals surface area contributed by atoms with E-state index < -0.39 is 6.17 Å². The van der Waals surface area contributed by atoms with Crippen LogP contribution >= 0.6 is 0 Å².